The molecule has 0 spiro atoms. The Bertz CT molecular complexity index is 522. The summed E-state index contributed by atoms with van der Waals surface area (Å²) in [6, 6.07) is 4.57. The van der Waals surface area contributed by atoms with E-state index >= 15 is 0 Å². The Kier molecular flexibility index (Phi) is 5.60. The molecule has 2 rings (SSSR count). The van der Waals surface area contributed by atoms with Crippen LogP contribution in [0.25, 0.3) is 0 Å². The van der Waals surface area contributed by atoms with E-state index < -0.39 is 5.82 Å². The van der Waals surface area contributed by atoms with Crippen LogP contribution in [-0.4, -0.2) is 48.9 Å². The number of carbonyl (C=O) groups excluding carboxylic acids is 1. The minimum atomic E-state index is -0.392. The van der Waals surface area contributed by atoms with Crippen molar-refractivity contribution < 1.29 is 19.0 Å². The molecule has 1 aromatic rings. The van der Waals surface area contributed by atoms with Crippen molar-refractivity contribution in [2.75, 3.05) is 26.7 Å². The van der Waals surface area contributed by atoms with Crippen molar-refractivity contribution in [3.8, 4) is 5.75 Å². The van der Waals surface area contributed by atoms with Gasteiger partial charge in [-0.2, -0.15) is 0 Å². The summed E-state index contributed by atoms with van der Waals surface area (Å²) in [5.74, 6) is -0.0215. The van der Waals surface area contributed by atoms with E-state index in [0.717, 1.165) is 12.0 Å². The molecule has 1 aliphatic rings. The molecule has 22 heavy (non-hydrogen) atoms. The number of rotatable bonds is 5. The van der Waals surface area contributed by atoms with E-state index in [9.17, 15) is 14.3 Å². The zero-order chi connectivity index (χ0) is 16.1. The Morgan fingerprint density at radius 1 is 1.59 bits per heavy atom. The summed E-state index contributed by atoms with van der Waals surface area (Å²) in [6.45, 7) is 3.50. The lowest BCUT2D eigenvalue weighted by Gasteiger charge is -2.18. The molecule has 1 saturated heterocycles. The van der Waals surface area contributed by atoms with E-state index in [-0.39, 0.29) is 23.8 Å². The lowest BCUT2D eigenvalue weighted by atomic mass is 10.0. The Balaban J connectivity index is 1.78. The van der Waals surface area contributed by atoms with Crippen LogP contribution in [0.1, 0.15) is 18.9 Å². The van der Waals surface area contributed by atoms with E-state index in [1.165, 1.54) is 13.2 Å². The van der Waals surface area contributed by atoms with E-state index in [1.807, 2.05) is 0 Å². The zero-order valence-corrected chi connectivity index (χ0v) is 13.0. The Morgan fingerprint density at radius 3 is 3.00 bits per heavy atom. The number of halogens is 1. The molecule has 5 nitrogen and oxygen atoms in total. The van der Waals surface area contributed by atoms with Crippen LogP contribution in [0.4, 0.5) is 9.18 Å². The number of benzene rings is 1. The molecule has 0 aliphatic carbocycles. The quantitative estimate of drug-likeness (QED) is 0.871. The smallest absolute Gasteiger partial charge is 0.317 e. The molecule has 2 amide bonds. The van der Waals surface area contributed by atoms with Crippen LogP contribution in [0.15, 0.2) is 18.2 Å². The first-order valence-electron chi connectivity index (χ1n) is 7.54. The average molecular weight is 310 g/mol. The highest BCUT2D eigenvalue weighted by molar-refractivity contribution is 5.74. The van der Waals surface area contributed by atoms with Gasteiger partial charge in [-0.05, 0) is 37.5 Å². The molecule has 2 unspecified atom stereocenters. The highest BCUT2D eigenvalue weighted by Gasteiger charge is 2.28. The van der Waals surface area contributed by atoms with Crippen LogP contribution >= 0.6 is 0 Å². The fourth-order valence-electron chi connectivity index (χ4n) is 2.65. The molecule has 122 valence electrons. The summed E-state index contributed by atoms with van der Waals surface area (Å²) in [5.41, 5.74) is 0.904. The second-order valence-electron chi connectivity index (χ2n) is 5.69. The van der Waals surface area contributed by atoms with Gasteiger partial charge in [0.05, 0.1) is 13.2 Å². The van der Waals surface area contributed by atoms with Gasteiger partial charge in [-0.15, -0.1) is 0 Å². The van der Waals surface area contributed by atoms with Gasteiger partial charge in [-0.25, -0.2) is 9.18 Å². The molecule has 1 aromatic carbocycles. The minimum absolute atomic E-state index is 0.114. The monoisotopic (exact) mass is 310 g/mol. The highest BCUT2D eigenvalue weighted by atomic mass is 19.1. The summed E-state index contributed by atoms with van der Waals surface area (Å²) in [5, 5.41) is 12.4. The van der Waals surface area contributed by atoms with E-state index in [4.69, 9.17) is 4.74 Å². The van der Waals surface area contributed by atoms with Crippen LogP contribution in [0.2, 0.25) is 0 Å². The van der Waals surface area contributed by atoms with Crippen LogP contribution in [0.5, 0.6) is 5.75 Å². The minimum Gasteiger partial charge on any atom is -0.494 e. The Labute approximate surface area is 130 Å². The van der Waals surface area contributed by atoms with Gasteiger partial charge in [0.25, 0.3) is 0 Å². The second kappa shape index (κ2) is 7.45. The summed E-state index contributed by atoms with van der Waals surface area (Å²) in [4.78, 5) is 13.8. The van der Waals surface area contributed by atoms with Gasteiger partial charge in [-0.3, -0.25) is 0 Å². The normalized spacial score (nSPS) is 19.1. The largest absolute Gasteiger partial charge is 0.494 e. The number of hydrogen-bond donors (Lipinski definition) is 2. The number of aliphatic hydroxyl groups excluding tert-OH is 1. The SMILES string of the molecule is COc1cc(CCNC(=O)N2CCC(C(C)O)C2)ccc1F. The molecule has 2 atom stereocenters. The van der Waals surface area contributed by atoms with E-state index in [2.05, 4.69) is 5.32 Å². The maximum absolute atomic E-state index is 13.3. The molecule has 1 heterocycles. The predicted molar refractivity (Wildman–Crippen MR) is 81.4 cm³/mol. The van der Waals surface area contributed by atoms with Gasteiger partial charge < -0.3 is 20.1 Å². The molecule has 1 aliphatic heterocycles. The maximum Gasteiger partial charge on any atom is 0.317 e. The number of carbonyl (C=O) groups is 1. The van der Waals surface area contributed by atoms with Gasteiger partial charge in [0.1, 0.15) is 0 Å². The fourth-order valence-corrected chi connectivity index (χ4v) is 2.65. The van der Waals surface area contributed by atoms with Gasteiger partial charge >= 0.3 is 6.03 Å². The number of nitrogens with one attached hydrogen (secondary N) is 1. The Morgan fingerprint density at radius 2 is 2.36 bits per heavy atom. The number of methoxy groups -OCH3 is 1. The van der Waals surface area contributed by atoms with Crippen molar-refractivity contribution >= 4 is 6.03 Å². The molecular formula is C16H23FN2O3. The average Bonchev–Trinajstić information content (AvgIpc) is 2.99. The lowest BCUT2D eigenvalue weighted by molar-refractivity contribution is 0.129. The molecule has 0 radical (unpaired) electrons. The van der Waals surface area contributed by atoms with Crippen LogP contribution in [0.3, 0.4) is 0 Å². The number of nitrogens with zero attached hydrogens (tertiary/aromatic N) is 1. The molecule has 1 fully saturated rings. The van der Waals surface area contributed by atoms with Crippen molar-refractivity contribution in [2.45, 2.75) is 25.9 Å². The van der Waals surface area contributed by atoms with Crippen molar-refractivity contribution in [1.29, 1.82) is 0 Å². The topological polar surface area (TPSA) is 61.8 Å². The van der Waals surface area contributed by atoms with Crippen molar-refractivity contribution in [1.82, 2.24) is 10.2 Å². The molecule has 2 N–H and O–H groups in total. The molecule has 0 bridgehead atoms. The maximum atomic E-state index is 13.3. The van der Waals surface area contributed by atoms with Gasteiger partial charge in [0.2, 0.25) is 0 Å². The molecule has 0 saturated carbocycles. The third-order valence-corrected chi connectivity index (χ3v) is 4.10. The van der Waals surface area contributed by atoms with Gasteiger partial charge in [0.15, 0.2) is 11.6 Å². The Hall–Kier alpha value is -1.82. The van der Waals surface area contributed by atoms with Crippen molar-refractivity contribution in [3.63, 3.8) is 0 Å². The molecule has 6 heteroatoms. The van der Waals surface area contributed by atoms with Crippen molar-refractivity contribution in [3.05, 3.63) is 29.6 Å². The predicted octanol–water partition coefficient (Wildman–Crippen LogP) is 1.79. The number of ether oxygens (including phenoxy) is 1. The number of aliphatic hydroxyl groups is 1. The number of likely N-dealkylation sites (tertiary alicyclic amines) is 1. The molecular weight excluding hydrogens is 287 g/mol. The zero-order valence-electron chi connectivity index (χ0n) is 13.0. The van der Waals surface area contributed by atoms with Crippen LogP contribution in [0, 0.1) is 11.7 Å². The van der Waals surface area contributed by atoms with E-state index in [1.54, 1.807) is 24.0 Å². The first-order valence-corrected chi connectivity index (χ1v) is 7.54. The number of hydrogen-bond acceptors (Lipinski definition) is 3. The first kappa shape index (κ1) is 16.5. The standard InChI is InChI=1S/C16H23FN2O3/c1-11(20)13-6-8-19(10-13)16(21)18-7-5-12-3-4-14(17)15(9-12)22-2/h3-4,9,11,13,20H,5-8,10H2,1-2H3,(H,18,21). The van der Waals surface area contributed by atoms with Gasteiger partial charge in [0, 0.05) is 25.6 Å². The highest BCUT2D eigenvalue weighted by Crippen LogP contribution is 2.20. The third kappa shape index (κ3) is 4.10. The summed E-state index contributed by atoms with van der Waals surface area (Å²) >= 11 is 0. The van der Waals surface area contributed by atoms with Crippen molar-refractivity contribution in [2.24, 2.45) is 5.92 Å². The molecule has 0 aromatic heterocycles. The second-order valence-corrected chi connectivity index (χ2v) is 5.69. The van der Waals surface area contributed by atoms with E-state index in [0.29, 0.717) is 26.1 Å². The number of amides is 2. The summed E-state index contributed by atoms with van der Waals surface area (Å²) in [7, 11) is 1.43. The number of urea groups is 1. The summed E-state index contributed by atoms with van der Waals surface area (Å²) < 4.78 is 18.2. The third-order valence-electron chi connectivity index (χ3n) is 4.10. The summed E-state index contributed by atoms with van der Waals surface area (Å²) in [6.07, 6.45) is 1.06. The van der Waals surface area contributed by atoms with Gasteiger partial charge in [-0.1, -0.05) is 6.07 Å². The lowest BCUT2D eigenvalue weighted by Crippen LogP contribution is -2.39. The van der Waals surface area contributed by atoms with Crippen LogP contribution < -0.4 is 10.1 Å². The fraction of sp³-hybridized carbons (Fsp3) is 0.562. The first-order chi connectivity index (χ1) is 10.5. The van der Waals surface area contributed by atoms with Crippen LogP contribution in [-0.2, 0) is 6.42 Å².